The highest BCUT2D eigenvalue weighted by molar-refractivity contribution is 6.04. The second-order valence-electron chi connectivity index (χ2n) is 10.6. The van der Waals surface area contributed by atoms with E-state index in [2.05, 4.69) is 9.80 Å². The first kappa shape index (κ1) is 21.4. The lowest BCUT2D eigenvalue weighted by molar-refractivity contribution is -0.462. The summed E-state index contributed by atoms with van der Waals surface area (Å²) in [5, 5.41) is 0. The zero-order valence-electron chi connectivity index (χ0n) is 30.0. The molecule has 2 aromatic carbocycles. The first-order valence-corrected chi connectivity index (χ1v) is 13.8. The van der Waals surface area contributed by atoms with Gasteiger partial charge in [-0.05, 0) is 84.9 Å². The number of allylic oxidation sites excluding steroid dienone is 5. The third-order valence-electron chi connectivity index (χ3n) is 7.14. The van der Waals surface area contributed by atoms with Gasteiger partial charge in [-0.15, -0.1) is 0 Å². The summed E-state index contributed by atoms with van der Waals surface area (Å²) in [5.74, 6) is 0.241. The molecule has 0 spiro atoms. The Balaban J connectivity index is 1.69. The number of ketones is 1. The maximum absolute atomic E-state index is 11.2. The Morgan fingerprint density at radius 2 is 1.49 bits per heavy atom. The number of Topliss-reactive ketones (excluding diaryl/α,β-unsaturated/α-hetero) is 1. The summed E-state index contributed by atoms with van der Waals surface area (Å²) < 4.78 is 54.5. The number of hydrogen-bond donors (Lipinski definition) is 0. The van der Waals surface area contributed by atoms with E-state index >= 15 is 0 Å². The topological polar surface area (TPSA) is 29.8 Å². The third kappa shape index (κ3) is 7.79. The van der Waals surface area contributed by atoms with Gasteiger partial charge in [0.05, 0.1) is 8.22 Å². The van der Waals surface area contributed by atoms with Crippen LogP contribution >= 0.6 is 0 Å². The van der Waals surface area contributed by atoms with Crippen LogP contribution in [-0.4, -0.2) is 81.9 Å². The van der Waals surface area contributed by atoms with E-state index < -0.39 is 0 Å². The number of nitrogens with zero attached hydrogens (tertiary/aromatic N) is 4. The van der Waals surface area contributed by atoms with Crippen LogP contribution in [0.5, 0.6) is 0 Å². The summed E-state index contributed by atoms with van der Waals surface area (Å²) in [4.78, 5) is 17.4. The number of anilines is 2. The van der Waals surface area contributed by atoms with Gasteiger partial charge in [-0.25, -0.2) is 4.58 Å². The normalized spacial score (nSPS) is 18.2. The predicted octanol–water partition coefficient (Wildman–Crippen LogP) is 5.67. The predicted molar refractivity (Wildman–Crippen MR) is 166 cm³/mol. The fourth-order valence-electron chi connectivity index (χ4n) is 4.84. The molecule has 0 atom stereocenters. The molecule has 1 aliphatic carbocycles. The molecule has 1 aliphatic heterocycles. The standard InChI is InChI=1S/C34H45N4O/c1-27(39)9-7-6-8-22-37-23-25-38(26-24-37)33-20-14-30(15-21-33)34(28-10-16-31(17-11-28)35(2)3)29-12-18-32(19-13-29)36(4)5/h10-21H,6-9,22-26H2,1-5H3/q+1/i16D,17D,18D,19D,20D,21D. The maximum atomic E-state index is 11.2. The molecule has 0 N–H and O–H groups in total. The molecule has 0 saturated carbocycles. The Kier molecular flexibility index (Phi) is 7.44. The van der Waals surface area contributed by atoms with E-state index in [0.717, 1.165) is 38.9 Å². The first-order valence-electron chi connectivity index (χ1n) is 16.8. The van der Waals surface area contributed by atoms with E-state index in [4.69, 9.17) is 8.22 Å². The smallest absolute Gasteiger partial charge is 0.199 e. The second-order valence-corrected chi connectivity index (χ2v) is 10.6. The van der Waals surface area contributed by atoms with E-state index in [-0.39, 0.29) is 42.1 Å². The minimum Gasteiger partial charge on any atom is -0.378 e. The maximum Gasteiger partial charge on any atom is 0.199 e. The minimum atomic E-state index is 0.174. The minimum absolute atomic E-state index is 0.174. The lowest BCUT2D eigenvalue weighted by Gasteiger charge is -2.36. The Bertz CT molecular complexity index is 1510. The summed E-state index contributed by atoms with van der Waals surface area (Å²) in [6, 6.07) is 7.94. The zero-order chi connectivity index (χ0) is 33.0. The van der Waals surface area contributed by atoms with E-state index in [1.165, 1.54) is 0 Å². The van der Waals surface area contributed by atoms with E-state index in [9.17, 15) is 4.79 Å². The van der Waals surface area contributed by atoms with Crippen LogP contribution in [0.25, 0.3) is 5.57 Å². The highest BCUT2D eigenvalue weighted by Gasteiger charge is 2.18. The molecule has 5 heteroatoms. The molecule has 0 bridgehead atoms. The number of carbonyl (C=O) groups is 1. The lowest BCUT2D eigenvalue weighted by Crippen LogP contribution is -2.46. The van der Waals surface area contributed by atoms with Gasteiger partial charge in [0, 0.05) is 70.2 Å². The fraction of sp³-hybridized carbons (Fsp3) is 0.412. The van der Waals surface area contributed by atoms with Crippen LogP contribution < -0.4 is 9.80 Å². The van der Waals surface area contributed by atoms with Crippen LogP contribution in [0.1, 0.15) is 52.0 Å². The van der Waals surface area contributed by atoms with Crippen LogP contribution in [0.2, 0.25) is 0 Å². The molecule has 0 amide bonds. The average molecular weight is 532 g/mol. The molecule has 4 rings (SSSR count). The van der Waals surface area contributed by atoms with Gasteiger partial charge in [0.1, 0.15) is 19.9 Å². The summed E-state index contributed by atoms with van der Waals surface area (Å²) in [6.07, 6.45) is 7.03. The van der Waals surface area contributed by atoms with Crippen molar-refractivity contribution in [1.82, 2.24) is 4.90 Å². The highest BCUT2D eigenvalue weighted by Crippen LogP contribution is 2.32. The van der Waals surface area contributed by atoms with E-state index in [0.29, 0.717) is 58.9 Å². The van der Waals surface area contributed by atoms with Crippen LogP contribution in [-0.2, 0) is 4.79 Å². The Hall–Kier alpha value is -3.44. The SMILES string of the molecule is [2H]C1=CC(=C(c2cc([2H])c(N(C)C)c([2H])c2)c2cc([2H])c(N3CCN(CCCCCC(C)=O)CC3)c([2H])c2)C=C([2H])C1=[N+](C)C. The molecule has 0 radical (unpaired) electrons. The molecule has 1 saturated heterocycles. The molecular weight excluding hydrogens is 480 g/mol. The molecule has 5 nitrogen and oxygen atoms in total. The lowest BCUT2D eigenvalue weighted by atomic mass is 9.90. The van der Waals surface area contributed by atoms with Crippen molar-refractivity contribution < 1.29 is 17.6 Å². The molecule has 1 heterocycles. The average Bonchev–Trinajstić information content (AvgIpc) is 2.92. The summed E-state index contributed by atoms with van der Waals surface area (Å²) >= 11 is 0. The van der Waals surface area contributed by atoms with E-state index in [1.54, 1.807) is 81.0 Å². The molecule has 1 fully saturated rings. The van der Waals surface area contributed by atoms with Crippen molar-refractivity contribution in [2.24, 2.45) is 0 Å². The Morgan fingerprint density at radius 3 is 2.03 bits per heavy atom. The molecule has 2 aromatic rings. The number of carbonyl (C=O) groups excluding carboxylic acids is 1. The first-order chi connectivity index (χ1) is 21.3. The molecule has 0 unspecified atom stereocenters. The molecular formula is C34H45N4O+. The largest absolute Gasteiger partial charge is 0.378 e. The van der Waals surface area contributed by atoms with Gasteiger partial charge in [0.2, 0.25) is 0 Å². The van der Waals surface area contributed by atoms with Crippen molar-refractivity contribution in [2.45, 2.75) is 32.6 Å². The summed E-state index contributed by atoms with van der Waals surface area (Å²) in [5.41, 5.74) is 3.83. The van der Waals surface area contributed by atoms with E-state index in [1.807, 2.05) is 0 Å². The quantitative estimate of drug-likeness (QED) is 0.292. The Morgan fingerprint density at radius 1 is 0.897 bits per heavy atom. The van der Waals surface area contributed by atoms with Crippen molar-refractivity contribution in [3.63, 3.8) is 0 Å². The second kappa shape index (κ2) is 13.6. The number of benzene rings is 2. The third-order valence-corrected chi connectivity index (χ3v) is 7.14. The zero-order valence-corrected chi connectivity index (χ0v) is 24.0. The number of piperazine rings is 1. The highest BCUT2D eigenvalue weighted by atomic mass is 16.1. The van der Waals surface area contributed by atoms with Crippen LogP contribution in [0, 0.1) is 0 Å². The van der Waals surface area contributed by atoms with Gasteiger partial charge in [-0.1, -0.05) is 30.7 Å². The molecule has 2 aliphatic rings. The van der Waals surface area contributed by atoms with Crippen molar-refractivity contribution >= 4 is 28.4 Å². The number of rotatable bonds is 10. The van der Waals surface area contributed by atoms with Gasteiger partial charge < -0.3 is 14.6 Å². The van der Waals surface area contributed by atoms with Crippen LogP contribution in [0.4, 0.5) is 11.4 Å². The van der Waals surface area contributed by atoms with Gasteiger partial charge in [-0.2, -0.15) is 0 Å². The molecule has 206 valence electrons. The van der Waals surface area contributed by atoms with Gasteiger partial charge >= 0.3 is 0 Å². The molecule has 0 aromatic heterocycles. The summed E-state index contributed by atoms with van der Waals surface area (Å²) in [7, 11) is 7.18. The fourth-order valence-corrected chi connectivity index (χ4v) is 4.84. The van der Waals surface area contributed by atoms with Crippen molar-refractivity contribution in [3.05, 3.63) is 89.4 Å². The molecule has 39 heavy (non-hydrogen) atoms. The van der Waals surface area contributed by atoms with Crippen molar-refractivity contribution in [3.8, 4) is 0 Å². The Labute approximate surface area is 243 Å². The number of unbranched alkanes of at least 4 members (excludes halogenated alkanes) is 2. The summed E-state index contributed by atoms with van der Waals surface area (Å²) in [6.45, 7) is 5.74. The van der Waals surface area contributed by atoms with Gasteiger partial charge in [0.25, 0.3) is 0 Å². The van der Waals surface area contributed by atoms with Crippen molar-refractivity contribution in [1.29, 1.82) is 0 Å². The van der Waals surface area contributed by atoms with Gasteiger partial charge in [-0.3, -0.25) is 4.90 Å². The van der Waals surface area contributed by atoms with Crippen LogP contribution in [0.15, 0.2) is 78.3 Å². The van der Waals surface area contributed by atoms with Gasteiger partial charge in [0.15, 0.2) is 5.71 Å². The van der Waals surface area contributed by atoms with Crippen molar-refractivity contribution in [2.75, 3.05) is 70.7 Å². The number of hydrogen-bond acceptors (Lipinski definition) is 4. The van der Waals surface area contributed by atoms with Crippen LogP contribution in [0.3, 0.4) is 0 Å². The monoisotopic (exact) mass is 531 g/mol.